The van der Waals surface area contributed by atoms with E-state index in [2.05, 4.69) is 21.2 Å². The molecule has 140 valence electrons. The van der Waals surface area contributed by atoms with E-state index in [1.165, 1.54) is 13.2 Å². The third-order valence-electron chi connectivity index (χ3n) is 4.10. The Bertz CT molecular complexity index is 942. The predicted octanol–water partition coefficient (Wildman–Crippen LogP) is 2.49. The largest absolute Gasteiger partial charge is 0.507 e. The number of para-hydroxylation sites is 1. The molecule has 7 nitrogen and oxygen atoms in total. The molecule has 0 radical (unpaired) electrons. The Balaban J connectivity index is 2.09. The lowest BCUT2D eigenvalue weighted by molar-refractivity contribution is -0.137. The van der Waals surface area contributed by atoms with E-state index in [1.54, 1.807) is 36.4 Å². The summed E-state index contributed by atoms with van der Waals surface area (Å²) in [5.74, 6) is -0.514. The van der Waals surface area contributed by atoms with Gasteiger partial charge in [0, 0.05) is 16.1 Å². The lowest BCUT2D eigenvalue weighted by atomic mass is 10.0. The molecule has 1 aliphatic heterocycles. The number of rotatable bonds is 6. The fourth-order valence-corrected chi connectivity index (χ4v) is 3.28. The second-order valence-corrected chi connectivity index (χ2v) is 6.57. The highest BCUT2D eigenvalue weighted by molar-refractivity contribution is 9.10. The van der Waals surface area contributed by atoms with Gasteiger partial charge in [0.05, 0.1) is 31.5 Å². The SMILES string of the molecule is COc1ccc(Br)c(NC2=CC(=O)N(CCO)C2=O)c1-c1ccccc1O. The number of phenols is 1. The number of imide groups is 1. The molecule has 0 atom stereocenters. The van der Waals surface area contributed by atoms with Crippen LogP contribution in [-0.4, -0.2) is 47.2 Å². The van der Waals surface area contributed by atoms with Crippen LogP contribution in [0.1, 0.15) is 0 Å². The van der Waals surface area contributed by atoms with Crippen molar-refractivity contribution in [1.82, 2.24) is 4.90 Å². The number of nitrogens with zero attached hydrogens (tertiary/aromatic N) is 1. The molecule has 0 spiro atoms. The Labute approximate surface area is 164 Å². The number of aliphatic hydroxyl groups excluding tert-OH is 1. The first-order valence-corrected chi connectivity index (χ1v) is 8.87. The molecule has 0 saturated carbocycles. The molecular formula is C19H17BrN2O5. The average Bonchev–Trinajstić information content (AvgIpc) is 2.92. The van der Waals surface area contributed by atoms with Gasteiger partial charge in [0.15, 0.2) is 0 Å². The smallest absolute Gasteiger partial charge is 0.277 e. The first-order chi connectivity index (χ1) is 13.0. The summed E-state index contributed by atoms with van der Waals surface area (Å²) in [5, 5.41) is 22.3. The zero-order chi connectivity index (χ0) is 19.6. The Morgan fingerprint density at radius 3 is 2.59 bits per heavy atom. The predicted molar refractivity (Wildman–Crippen MR) is 103 cm³/mol. The van der Waals surface area contributed by atoms with E-state index in [4.69, 9.17) is 9.84 Å². The van der Waals surface area contributed by atoms with Crippen molar-refractivity contribution in [3.05, 3.63) is 52.6 Å². The summed E-state index contributed by atoms with van der Waals surface area (Å²) in [6, 6.07) is 10.2. The van der Waals surface area contributed by atoms with Crippen molar-refractivity contribution in [2.45, 2.75) is 0 Å². The molecule has 2 aromatic carbocycles. The molecule has 2 aromatic rings. The Morgan fingerprint density at radius 2 is 1.93 bits per heavy atom. The molecule has 27 heavy (non-hydrogen) atoms. The van der Waals surface area contributed by atoms with E-state index in [1.807, 2.05) is 0 Å². The molecule has 0 bridgehead atoms. The van der Waals surface area contributed by atoms with E-state index < -0.39 is 11.8 Å². The van der Waals surface area contributed by atoms with Gasteiger partial charge in [-0.2, -0.15) is 0 Å². The van der Waals surface area contributed by atoms with Crippen molar-refractivity contribution in [1.29, 1.82) is 0 Å². The highest BCUT2D eigenvalue weighted by atomic mass is 79.9. The number of ether oxygens (including phenoxy) is 1. The topological polar surface area (TPSA) is 99.1 Å². The maximum atomic E-state index is 12.5. The number of aromatic hydroxyl groups is 1. The maximum Gasteiger partial charge on any atom is 0.277 e. The number of aliphatic hydroxyl groups is 1. The van der Waals surface area contributed by atoms with Gasteiger partial charge in [-0.15, -0.1) is 0 Å². The first-order valence-electron chi connectivity index (χ1n) is 8.08. The van der Waals surface area contributed by atoms with E-state index >= 15 is 0 Å². The van der Waals surface area contributed by atoms with Gasteiger partial charge in [-0.05, 0) is 34.1 Å². The summed E-state index contributed by atoms with van der Waals surface area (Å²) < 4.78 is 6.05. The highest BCUT2D eigenvalue weighted by Gasteiger charge is 2.32. The maximum absolute atomic E-state index is 12.5. The van der Waals surface area contributed by atoms with Crippen LogP contribution in [-0.2, 0) is 9.59 Å². The number of anilines is 1. The number of hydrogen-bond donors (Lipinski definition) is 3. The molecule has 0 fully saturated rings. The standard InChI is InChI=1S/C19H17BrN2O5/c1-27-15-7-6-12(20)18(17(15)11-4-2-3-5-14(11)24)21-13-10-16(25)22(8-9-23)19(13)26/h2-7,10,21,23-24H,8-9H2,1H3. The minimum Gasteiger partial charge on any atom is -0.507 e. The molecule has 0 saturated heterocycles. The van der Waals surface area contributed by atoms with Crippen LogP contribution in [0.15, 0.2) is 52.6 Å². The number of halogens is 1. The number of benzene rings is 2. The van der Waals surface area contributed by atoms with E-state index in [0.717, 1.165) is 4.90 Å². The molecule has 2 amide bonds. The zero-order valence-corrected chi connectivity index (χ0v) is 16.0. The zero-order valence-electron chi connectivity index (χ0n) is 14.4. The van der Waals surface area contributed by atoms with Gasteiger partial charge in [0.1, 0.15) is 17.2 Å². The van der Waals surface area contributed by atoms with Gasteiger partial charge in [0.25, 0.3) is 11.8 Å². The van der Waals surface area contributed by atoms with Gasteiger partial charge in [-0.1, -0.05) is 18.2 Å². The molecule has 1 aliphatic rings. The Hall–Kier alpha value is -2.84. The third-order valence-corrected chi connectivity index (χ3v) is 4.76. The van der Waals surface area contributed by atoms with Crippen LogP contribution in [0.2, 0.25) is 0 Å². The highest BCUT2D eigenvalue weighted by Crippen LogP contribution is 2.45. The number of nitrogens with one attached hydrogen (secondary N) is 1. The van der Waals surface area contributed by atoms with Gasteiger partial charge >= 0.3 is 0 Å². The van der Waals surface area contributed by atoms with E-state index in [9.17, 15) is 14.7 Å². The summed E-state index contributed by atoms with van der Waals surface area (Å²) in [5.41, 5.74) is 1.57. The number of hydrogen-bond acceptors (Lipinski definition) is 6. The molecule has 0 aliphatic carbocycles. The van der Waals surface area contributed by atoms with Crippen molar-refractivity contribution < 1.29 is 24.5 Å². The summed E-state index contributed by atoms with van der Waals surface area (Å²) in [6.45, 7) is -0.393. The number of β-amino-alcohol motifs (C(OH)–C–C–N with tert-alkyl or cyclic N) is 1. The van der Waals surface area contributed by atoms with Crippen LogP contribution >= 0.6 is 15.9 Å². The van der Waals surface area contributed by atoms with Gasteiger partial charge in [-0.25, -0.2) is 0 Å². The third kappa shape index (κ3) is 3.54. The normalized spacial score (nSPS) is 13.7. The number of methoxy groups -OCH3 is 1. The minimum absolute atomic E-state index is 0.0432. The molecular weight excluding hydrogens is 416 g/mol. The molecule has 0 aromatic heterocycles. The van der Waals surface area contributed by atoms with Crippen LogP contribution in [0.4, 0.5) is 5.69 Å². The second kappa shape index (κ2) is 7.81. The number of phenolic OH excluding ortho intramolecular Hbond substituents is 1. The Morgan fingerprint density at radius 1 is 1.19 bits per heavy atom. The van der Waals surface area contributed by atoms with Crippen molar-refractivity contribution in [3.63, 3.8) is 0 Å². The van der Waals surface area contributed by atoms with Crippen LogP contribution in [0, 0.1) is 0 Å². The quantitative estimate of drug-likeness (QED) is 0.606. The number of carbonyl (C=O) groups is 2. The molecule has 1 heterocycles. The van der Waals surface area contributed by atoms with Crippen molar-refractivity contribution in [2.24, 2.45) is 0 Å². The fraction of sp³-hybridized carbons (Fsp3) is 0.158. The fourth-order valence-electron chi connectivity index (χ4n) is 2.85. The monoisotopic (exact) mass is 432 g/mol. The van der Waals surface area contributed by atoms with Gasteiger partial charge in [-0.3, -0.25) is 14.5 Å². The summed E-state index contributed by atoms with van der Waals surface area (Å²) in [7, 11) is 1.50. The van der Waals surface area contributed by atoms with Crippen molar-refractivity contribution in [2.75, 3.05) is 25.6 Å². The van der Waals surface area contributed by atoms with Crippen LogP contribution in [0.5, 0.6) is 11.5 Å². The minimum atomic E-state index is -0.535. The van der Waals surface area contributed by atoms with E-state index in [-0.39, 0.29) is 24.6 Å². The summed E-state index contributed by atoms with van der Waals surface area (Å²) >= 11 is 3.44. The first kappa shape index (κ1) is 18.9. The Kier molecular flexibility index (Phi) is 5.48. The van der Waals surface area contributed by atoms with Crippen molar-refractivity contribution in [3.8, 4) is 22.6 Å². The molecule has 0 unspecified atom stereocenters. The van der Waals surface area contributed by atoms with Crippen LogP contribution < -0.4 is 10.1 Å². The van der Waals surface area contributed by atoms with Crippen LogP contribution in [0.3, 0.4) is 0 Å². The van der Waals surface area contributed by atoms with Gasteiger partial charge in [0.2, 0.25) is 0 Å². The van der Waals surface area contributed by atoms with E-state index in [0.29, 0.717) is 27.0 Å². The summed E-state index contributed by atoms with van der Waals surface area (Å²) in [6.07, 6.45) is 1.18. The van der Waals surface area contributed by atoms with Crippen LogP contribution in [0.25, 0.3) is 11.1 Å². The molecule has 8 heteroatoms. The number of amides is 2. The van der Waals surface area contributed by atoms with Gasteiger partial charge < -0.3 is 20.3 Å². The second-order valence-electron chi connectivity index (χ2n) is 5.72. The lowest BCUT2D eigenvalue weighted by Gasteiger charge is -2.19. The molecule has 3 N–H and O–H groups in total. The van der Waals surface area contributed by atoms with Crippen molar-refractivity contribution >= 4 is 33.4 Å². The summed E-state index contributed by atoms with van der Waals surface area (Å²) in [4.78, 5) is 25.4. The lowest BCUT2D eigenvalue weighted by Crippen LogP contribution is -2.34. The average molecular weight is 433 g/mol. The molecule has 3 rings (SSSR count). The number of carbonyl (C=O) groups excluding carboxylic acids is 2.